The van der Waals surface area contributed by atoms with Gasteiger partial charge in [-0.3, -0.25) is 0 Å². The lowest BCUT2D eigenvalue weighted by atomic mass is 9.85. The molecule has 0 fully saturated rings. The summed E-state index contributed by atoms with van der Waals surface area (Å²) < 4.78 is 6.74. The van der Waals surface area contributed by atoms with Gasteiger partial charge in [-0.2, -0.15) is 0 Å². The lowest BCUT2D eigenvalue weighted by Crippen LogP contribution is -1.91. The van der Waals surface area contributed by atoms with Gasteiger partial charge in [-0.1, -0.05) is 146 Å². The van der Waals surface area contributed by atoms with Crippen molar-refractivity contribution >= 4 is 65.0 Å². The molecule has 10 rings (SSSR count). The van der Waals surface area contributed by atoms with Crippen molar-refractivity contribution < 1.29 is 4.42 Å². The Morgan fingerprint density at radius 2 is 0.830 bits per heavy atom. The summed E-state index contributed by atoms with van der Waals surface area (Å²) in [6.45, 7) is 0. The highest BCUT2D eigenvalue weighted by Crippen LogP contribution is 2.46. The summed E-state index contributed by atoms with van der Waals surface area (Å²) in [6, 6.07) is 61.4. The van der Waals surface area contributed by atoms with Crippen LogP contribution in [0.15, 0.2) is 174 Å². The van der Waals surface area contributed by atoms with E-state index in [1.165, 1.54) is 76.3 Å². The zero-order valence-corrected chi connectivity index (χ0v) is 25.6. The molecule has 0 radical (unpaired) electrons. The molecule has 1 heteroatoms. The van der Waals surface area contributed by atoms with Gasteiger partial charge in [-0.15, -0.1) is 0 Å². The van der Waals surface area contributed by atoms with Gasteiger partial charge in [0.25, 0.3) is 0 Å². The van der Waals surface area contributed by atoms with Crippen LogP contribution in [-0.4, -0.2) is 0 Å². The Labute approximate surface area is 271 Å². The molecule has 0 aliphatic carbocycles. The van der Waals surface area contributed by atoms with Crippen molar-refractivity contribution in [3.8, 4) is 33.4 Å². The Hall–Kier alpha value is -6.18. The summed E-state index contributed by atoms with van der Waals surface area (Å²) in [4.78, 5) is 0. The normalized spacial score (nSPS) is 11.8. The molecule has 1 heterocycles. The van der Waals surface area contributed by atoms with Crippen molar-refractivity contribution in [1.29, 1.82) is 0 Å². The van der Waals surface area contributed by atoms with Crippen LogP contribution in [0.1, 0.15) is 0 Å². The third kappa shape index (κ3) is 3.97. The number of fused-ring (bicyclic) bond motifs is 8. The minimum Gasteiger partial charge on any atom is -0.456 e. The fourth-order valence-corrected chi connectivity index (χ4v) is 7.75. The van der Waals surface area contributed by atoms with E-state index in [1.54, 1.807) is 0 Å². The first-order chi connectivity index (χ1) is 23.3. The van der Waals surface area contributed by atoms with E-state index in [4.69, 9.17) is 4.42 Å². The molecule has 0 aliphatic rings. The first kappa shape index (κ1) is 26.1. The van der Waals surface area contributed by atoms with Gasteiger partial charge < -0.3 is 4.42 Å². The maximum Gasteiger partial charge on any atom is 0.136 e. The molecule has 0 saturated heterocycles. The van der Waals surface area contributed by atoms with Crippen LogP contribution in [0, 0.1) is 0 Å². The van der Waals surface area contributed by atoms with Crippen LogP contribution in [0.25, 0.3) is 98.4 Å². The van der Waals surface area contributed by atoms with Crippen LogP contribution in [-0.2, 0) is 0 Å². The molecule has 0 unspecified atom stereocenters. The van der Waals surface area contributed by atoms with E-state index in [0.29, 0.717) is 0 Å². The summed E-state index contributed by atoms with van der Waals surface area (Å²) in [5.41, 5.74) is 9.09. The molecular formula is C46H28O. The average molecular weight is 597 g/mol. The van der Waals surface area contributed by atoms with Crippen molar-refractivity contribution in [3.63, 3.8) is 0 Å². The zero-order chi connectivity index (χ0) is 30.9. The largest absolute Gasteiger partial charge is 0.456 e. The Bertz CT molecular complexity index is 2780. The van der Waals surface area contributed by atoms with Gasteiger partial charge in [0.1, 0.15) is 11.2 Å². The Balaban J connectivity index is 1.24. The van der Waals surface area contributed by atoms with Crippen molar-refractivity contribution in [2.75, 3.05) is 0 Å². The smallest absolute Gasteiger partial charge is 0.136 e. The lowest BCUT2D eigenvalue weighted by molar-refractivity contribution is 0.669. The zero-order valence-electron chi connectivity index (χ0n) is 25.6. The van der Waals surface area contributed by atoms with Gasteiger partial charge in [-0.05, 0) is 101 Å². The quantitative estimate of drug-likeness (QED) is 0.185. The molecule has 0 spiro atoms. The highest BCUT2D eigenvalue weighted by Gasteiger charge is 2.19. The molecule has 1 nitrogen and oxygen atoms in total. The number of rotatable bonds is 3. The third-order valence-corrected chi connectivity index (χ3v) is 9.82. The molecule has 0 amide bonds. The topological polar surface area (TPSA) is 13.1 Å². The Kier molecular flexibility index (Phi) is 5.64. The molecule has 0 aliphatic heterocycles. The van der Waals surface area contributed by atoms with Crippen LogP contribution >= 0.6 is 0 Å². The second-order valence-electron chi connectivity index (χ2n) is 12.4. The molecule has 0 saturated carbocycles. The summed E-state index contributed by atoms with van der Waals surface area (Å²) in [5, 5.41) is 12.2. The van der Waals surface area contributed by atoms with Crippen LogP contribution in [0.4, 0.5) is 0 Å². The van der Waals surface area contributed by atoms with Crippen molar-refractivity contribution in [2.45, 2.75) is 0 Å². The van der Waals surface area contributed by atoms with E-state index in [0.717, 1.165) is 22.1 Å². The van der Waals surface area contributed by atoms with Gasteiger partial charge in [0.15, 0.2) is 0 Å². The molecule has 0 bridgehead atoms. The number of benzene rings is 9. The minimum atomic E-state index is 0.902. The Morgan fingerprint density at radius 3 is 1.51 bits per heavy atom. The van der Waals surface area contributed by atoms with Crippen molar-refractivity contribution in [3.05, 3.63) is 170 Å². The van der Waals surface area contributed by atoms with Crippen LogP contribution in [0.3, 0.4) is 0 Å². The molecule has 9 aromatic carbocycles. The third-order valence-electron chi connectivity index (χ3n) is 9.82. The van der Waals surface area contributed by atoms with Gasteiger partial charge in [0.2, 0.25) is 0 Å². The highest BCUT2D eigenvalue weighted by molar-refractivity contribution is 6.24. The monoisotopic (exact) mass is 596 g/mol. The molecule has 1 aromatic heterocycles. The van der Waals surface area contributed by atoms with Gasteiger partial charge in [-0.25, -0.2) is 0 Å². The van der Waals surface area contributed by atoms with E-state index >= 15 is 0 Å². The fourth-order valence-electron chi connectivity index (χ4n) is 7.75. The molecule has 0 N–H and O–H groups in total. The standard InChI is InChI=1S/C46H28O/c1-2-13-30(14-3-1)41-28-43-46(35-17-7-6-16-34(35)41)40-25-24-33(27-42(40)47-43)45-38-20-10-8-18-36(38)44(37-19-9-11-21-39(37)45)32-23-22-29-12-4-5-15-31(29)26-32/h1-28H. The second-order valence-corrected chi connectivity index (χ2v) is 12.4. The van der Waals surface area contributed by atoms with Gasteiger partial charge in [0, 0.05) is 10.8 Å². The summed E-state index contributed by atoms with van der Waals surface area (Å²) in [7, 11) is 0. The van der Waals surface area contributed by atoms with Crippen LogP contribution < -0.4 is 0 Å². The average Bonchev–Trinajstić information content (AvgIpc) is 3.51. The molecule has 0 atom stereocenters. The van der Waals surface area contributed by atoms with Crippen molar-refractivity contribution in [1.82, 2.24) is 0 Å². The highest BCUT2D eigenvalue weighted by atomic mass is 16.3. The second kappa shape index (κ2) is 10.2. The number of furan rings is 1. The predicted octanol–water partition coefficient (Wildman–Crippen LogP) is 13.2. The first-order valence-electron chi connectivity index (χ1n) is 16.2. The van der Waals surface area contributed by atoms with E-state index in [2.05, 4.69) is 170 Å². The number of hydrogen-bond donors (Lipinski definition) is 0. The summed E-state index contributed by atoms with van der Waals surface area (Å²) in [5.74, 6) is 0. The van der Waals surface area contributed by atoms with Gasteiger partial charge >= 0.3 is 0 Å². The molecule has 10 aromatic rings. The fraction of sp³-hybridized carbons (Fsp3) is 0. The van der Waals surface area contributed by atoms with Crippen LogP contribution in [0.5, 0.6) is 0 Å². The molecular weight excluding hydrogens is 569 g/mol. The SMILES string of the molecule is c1ccc(-c2cc3oc4cc(-c5c6ccccc6c(-c6ccc7ccccc7c6)c6ccccc56)ccc4c3c3ccccc23)cc1. The number of hydrogen-bond acceptors (Lipinski definition) is 1. The summed E-state index contributed by atoms with van der Waals surface area (Å²) >= 11 is 0. The van der Waals surface area contributed by atoms with E-state index < -0.39 is 0 Å². The molecule has 47 heavy (non-hydrogen) atoms. The molecule has 218 valence electrons. The first-order valence-corrected chi connectivity index (χ1v) is 16.2. The predicted molar refractivity (Wildman–Crippen MR) is 200 cm³/mol. The van der Waals surface area contributed by atoms with E-state index in [9.17, 15) is 0 Å². The van der Waals surface area contributed by atoms with Crippen molar-refractivity contribution in [2.24, 2.45) is 0 Å². The van der Waals surface area contributed by atoms with Gasteiger partial charge in [0.05, 0.1) is 0 Å². The minimum absolute atomic E-state index is 0.902. The van der Waals surface area contributed by atoms with E-state index in [-0.39, 0.29) is 0 Å². The lowest BCUT2D eigenvalue weighted by Gasteiger charge is -2.18. The maximum atomic E-state index is 6.74. The maximum absolute atomic E-state index is 6.74. The van der Waals surface area contributed by atoms with E-state index in [1.807, 2.05) is 0 Å². The summed E-state index contributed by atoms with van der Waals surface area (Å²) in [6.07, 6.45) is 0. The van der Waals surface area contributed by atoms with Crippen LogP contribution in [0.2, 0.25) is 0 Å². The Morgan fingerprint density at radius 1 is 0.298 bits per heavy atom.